The first-order valence-electron chi connectivity index (χ1n) is 11.4. The second kappa shape index (κ2) is 10.1. The molecule has 4 rings (SSSR count). The van der Waals surface area contributed by atoms with Crippen LogP contribution in [0.5, 0.6) is 17.4 Å². The molecule has 0 N–H and O–H groups in total. The van der Waals surface area contributed by atoms with Gasteiger partial charge in [0, 0.05) is 37.8 Å². The molecule has 2 aliphatic heterocycles. The molecule has 1 unspecified atom stereocenters. The van der Waals surface area contributed by atoms with Gasteiger partial charge in [0.05, 0.1) is 14.2 Å². The Morgan fingerprint density at radius 2 is 1.59 bits per heavy atom. The summed E-state index contributed by atoms with van der Waals surface area (Å²) in [6, 6.07) is 10.4. The van der Waals surface area contributed by atoms with Gasteiger partial charge in [-0.3, -0.25) is 9.59 Å². The number of hydrogen-bond donors (Lipinski definition) is 0. The number of amides is 2. The predicted molar refractivity (Wildman–Crippen MR) is 128 cm³/mol. The van der Waals surface area contributed by atoms with E-state index in [9.17, 15) is 9.59 Å². The number of rotatable bonds is 6. The van der Waals surface area contributed by atoms with Crippen molar-refractivity contribution < 1.29 is 23.8 Å². The third-order valence-corrected chi connectivity index (χ3v) is 7.00. The fourth-order valence-electron chi connectivity index (χ4n) is 4.76. The average molecular weight is 488 g/mol. The van der Waals surface area contributed by atoms with Crippen LogP contribution in [0.3, 0.4) is 0 Å². The molecule has 8 nitrogen and oxygen atoms in total. The highest BCUT2D eigenvalue weighted by molar-refractivity contribution is 6.29. The number of nitrogens with zero attached hydrogens (tertiary/aromatic N) is 3. The lowest BCUT2D eigenvalue weighted by molar-refractivity contribution is -0.137. The molecule has 182 valence electrons. The third kappa shape index (κ3) is 5.22. The fraction of sp³-hybridized carbons (Fsp3) is 0.480. The lowest BCUT2D eigenvalue weighted by Gasteiger charge is -2.39. The van der Waals surface area contributed by atoms with Crippen molar-refractivity contribution in [3.8, 4) is 17.4 Å². The van der Waals surface area contributed by atoms with Crippen LogP contribution in [0.4, 0.5) is 0 Å². The summed E-state index contributed by atoms with van der Waals surface area (Å²) in [4.78, 5) is 33.8. The summed E-state index contributed by atoms with van der Waals surface area (Å²) in [6.07, 6.45) is 2.07. The monoisotopic (exact) mass is 487 g/mol. The molecule has 0 saturated carbocycles. The van der Waals surface area contributed by atoms with Crippen molar-refractivity contribution in [3.05, 3.63) is 47.1 Å². The van der Waals surface area contributed by atoms with E-state index in [0.717, 1.165) is 25.0 Å². The van der Waals surface area contributed by atoms with E-state index in [1.807, 2.05) is 21.9 Å². The number of likely N-dealkylation sites (tertiary alicyclic amines) is 2. The summed E-state index contributed by atoms with van der Waals surface area (Å²) < 4.78 is 16.2. The quantitative estimate of drug-likeness (QED) is 0.578. The average Bonchev–Trinajstić information content (AvgIpc) is 3.26. The highest BCUT2D eigenvalue weighted by atomic mass is 35.5. The first-order valence-corrected chi connectivity index (χ1v) is 11.8. The van der Waals surface area contributed by atoms with Gasteiger partial charge >= 0.3 is 0 Å². The first kappa shape index (κ1) is 24.1. The summed E-state index contributed by atoms with van der Waals surface area (Å²) in [7, 11) is 3.10. The van der Waals surface area contributed by atoms with E-state index in [1.165, 1.54) is 7.11 Å². The number of methoxy groups -OCH3 is 2. The number of benzene rings is 1. The van der Waals surface area contributed by atoms with E-state index in [4.69, 9.17) is 25.8 Å². The SMILES string of the molecule is COc1ccc(OC(C)C(=O)N2CCC3(CCN(C(=O)c4cc(Cl)nc(OC)c4)CC3)C2)cc1. The second-order valence-electron chi connectivity index (χ2n) is 8.96. The molecule has 2 amide bonds. The van der Waals surface area contributed by atoms with Crippen molar-refractivity contribution in [2.45, 2.75) is 32.3 Å². The van der Waals surface area contributed by atoms with Crippen LogP contribution in [0.25, 0.3) is 0 Å². The number of carbonyl (C=O) groups is 2. The van der Waals surface area contributed by atoms with Crippen molar-refractivity contribution >= 4 is 23.4 Å². The largest absolute Gasteiger partial charge is 0.497 e. The van der Waals surface area contributed by atoms with E-state index < -0.39 is 6.10 Å². The molecular weight excluding hydrogens is 458 g/mol. The summed E-state index contributed by atoms with van der Waals surface area (Å²) in [5, 5.41) is 0.229. The molecule has 2 fully saturated rings. The Morgan fingerprint density at radius 3 is 2.21 bits per heavy atom. The molecule has 34 heavy (non-hydrogen) atoms. The van der Waals surface area contributed by atoms with Gasteiger partial charge in [-0.05, 0) is 61.9 Å². The molecule has 0 radical (unpaired) electrons. The maximum atomic E-state index is 13.0. The molecular formula is C25H30ClN3O5. The predicted octanol–water partition coefficient (Wildman–Crippen LogP) is 3.67. The number of pyridine rings is 1. The summed E-state index contributed by atoms with van der Waals surface area (Å²) in [5.74, 6) is 1.61. The van der Waals surface area contributed by atoms with E-state index in [2.05, 4.69) is 4.98 Å². The number of aromatic nitrogens is 1. The number of ether oxygens (including phenoxy) is 3. The van der Waals surface area contributed by atoms with Gasteiger partial charge in [0.2, 0.25) is 5.88 Å². The summed E-state index contributed by atoms with van der Waals surface area (Å²) in [6.45, 7) is 4.47. The lowest BCUT2D eigenvalue weighted by atomic mass is 9.77. The Kier molecular flexibility index (Phi) is 7.16. The van der Waals surface area contributed by atoms with Gasteiger partial charge in [0.25, 0.3) is 11.8 Å². The van der Waals surface area contributed by atoms with Crippen LogP contribution in [-0.4, -0.2) is 73.1 Å². The second-order valence-corrected chi connectivity index (χ2v) is 9.35. The summed E-state index contributed by atoms with van der Waals surface area (Å²) in [5.41, 5.74) is 0.514. The Balaban J connectivity index is 1.32. The molecule has 2 saturated heterocycles. The van der Waals surface area contributed by atoms with Gasteiger partial charge in [0.15, 0.2) is 6.10 Å². The Morgan fingerprint density at radius 1 is 0.971 bits per heavy atom. The highest BCUT2D eigenvalue weighted by Crippen LogP contribution is 2.41. The third-order valence-electron chi connectivity index (χ3n) is 6.81. The van der Waals surface area contributed by atoms with Gasteiger partial charge in [0.1, 0.15) is 16.7 Å². The number of piperidine rings is 1. The van der Waals surface area contributed by atoms with Crippen LogP contribution in [0, 0.1) is 5.41 Å². The van der Waals surface area contributed by atoms with E-state index in [1.54, 1.807) is 38.3 Å². The topological polar surface area (TPSA) is 81.2 Å². The van der Waals surface area contributed by atoms with Crippen LogP contribution in [-0.2, 0) is 4.79 Å². The van der Waals surface area contributed by atoms with Gasteiger partial charge in [-0.2, -0.15) is 0 Å². The van der Waals surface area contributed by atoms with Crippen LogP contribution in [0.1, 0.15) is 36.5 Å². The van der Waals surface area contributed by atoms with Crippen molar-refractivity contribution in [3.63, 3.8) is 0 Å². The molecule has 2 aliphatic rings. The minimum absolute atomic E-state index is 0.00952. The Bertz CT molecular complexity index is 1040. The van der Waals surface area contributed by atoms with Gasteiger partial charge in [-0.1, -0.05) is 11.6 Å². The smallest absolute Gasteiger partial charge is 0.263 e. The van der Waals surface area contributed by atoms with Crippen LogP contribution in [0.2, 0.25) is 5.15 Å². The van der Waals surface area contributed by atoms with Gasteiger partial charge < -0.3 is 24.0 Å². The molecule has 1 aromatic carbocycles. The van der Waals surface area contributed by atoms with Crippen LogP contribution >= 0.6 is 11.6 Å². The number of carbonyl (C=O) groups excluding carboxylic acids is 2. The standard InChI is InChI=1S/C25H30ClN3O5/c1-17(34-20-6-4-19(32-2)5-7-20)23(30)29-13-10-25(16-29)8-11-28(12-9-25)24(31)18-14-21(26)27-22(15-18)33-3/h4-7,14-15,17H,8-13,16H2,1-3H3. The van der Waals surface area contributed by atoms with Crippen molar-refractivity contribution in [1.29, 1.82) is 0 Å². The maximum Gasteiger partial charge on any atom is 0.263 e. The number of halogens is 1. The molecule has 1 atom stereocenters. The maximum absolute atomic E-state index is 13.0. The molecule has 3 heterocycles. The Labute approximate surface area is 204 Å². The normalized spacial score (nSPS) is 18.0. The molecule has 1 spiro atoms. The van der Waals surface area contributed by atoms with Crippen LogP contribution in [0.15, 0.2) is 36.4 Å². The zero-order valence-corrected chi connectivity index (χ0v) is 20.5. The van der Waals surface area contributed by atoms with E-state index >= 15 is 0 Å². The Hall–Kier alpha value is -3.00. The van der Waals surface area contributed by atoms with E-state index in [-0.39, 0.29) is 22.4 Å². The molecule has 0 bridgehead atoms. The lowest BCUT2D eigenvalue weighted by Crippen LogP contribution is -2.46. The number of hydrogen-bond acceptors (Lipinski definition) is 6. The van der Waals surface area contributed by atoms with Crippen LogP contribution < -0.4 is 14.2 Å². The minimum atomic E-state index is -0.573. The van der Waals surface area contributed by atoms with Gasteiger partial charge in [-0.15, -0.1) is 0 Å². The molecule has 0 aliphatic carbocycles. The van der Waals surface area contributed by atoms with Crippen molar-refractivity contribution in [1.82, 2.24) is 14.8 Å². The highest BCUT2D eigenvalue weighted by Gasteiger charge is 2.43. The fourth-order valence-corrected chi connectivity index (χ4v) is 4.97. The molecule has 9 heteroatoms. The summed E-state index contributed by atoms with van der Waals surface area (Å²) >= 11 is 6.03. The zero-order valence-electron chi connectivity index (χ0n) is 19.8. The minimum Gasteiger partial charge on any atom is -0.497 e. The first-order chi connectivity index (χ1) is 16.3. The zero-order chi connectivity index (χ0) is 24.3. The van der Waals surface area contributed by atoms with Gasteiger partial charge in [-0.25, -0.2) is 4.98 Å². The van der Waals surface area contributed by atoms with Crippen molar-refractivity contribution in [2.24, 2.45) is 5.41 Å². The molecule has 1 aromatic heterocycles. The molecule has 2 aromatic rings. The van der Waals surface area contributed by atoms with E-state index in [0.29, 0.717) is 43.4 Å². The van der Waals surface area contributed by atoms with Crippen molar-refractivity contribution in [2.75, 3.05) is 40.4 Å².